The molecule has 0 bridgehead atoms. The Balaban J connectivity index is 1.80. The van der Waals surface area contributed by atoms with E-state index >= 15 is 0 Å². The van der Waals surface area contributed by atoms with Crippen molar-refractivity contribution in [2.75, 3.05) is 11.9 Å². The van der Waals surface area contributed by atoms with Gasteiger partial charge in [0.15, 0.2) is 5.13 Å². The first-order valence-corrected chi connectivity index (χ1v) is 7.14. The number of aryl methyl sites for hydroxylation is 1. The Bertz CT molecular complexity index is 524. The number of thiazole rings is 1. The molecule has 0 spiro atoms. The summed E-state index contributed by atoms with van der Waals surface area (Å²) in [5, 5.41) is 5.40. The molecule has 0 atom stereocenters. The predicted molar refractivity (Wildman–Crippen MR) is 78.3 cm³/mol. The maximum Gasteiger partial charge on any atom is 0.226 e. The Morgan fingerprint density at radius 2 is 2.05 bits per heavy atom. The zero-order chi connectivity index (χ0) is 13.5. The first-order valence-electron chi connectivity index (χ1n) is 6.26. The molecule has 0 fully saturated rings. The smallest absolute Gasteiger partial charge is 0.226 e. The van der Waals surface area contributed by atoms with Gasteiger partial charge in [0.05, 0.1) is 5.69 Å². The summed E-state index contributed by atoms with van der Waals surface area (Å²) >= 11 is 1.44. The van der Waals surface area contributed by atoms with E-state index in [0.717, 1.165) is 18.5 Å². The van der Waals surface area contributed by atoms with Gasteiger partial charge in [-0.25, -0.2) is 4.98 Å². The molecule has 1 aromatic carbocycles. The molecule has 0 radical (unpaired) electrons. The second-order valence-electron chi connectivity index (χ2n) is 4.22. The molecule has 0 saturated carbocycles. The van der Waals surface area contributed by atoms with Gasteiger partial charge in [0, 0.05) is 18.2 Å². The van der Waals surface area contributed by atoms with Gasteiger partial charge >= 0.3 is 0 Å². The zero-order valence-corrected chi connectivity index (χ0v) is 11.5. The lowest BCUT2D eigenvalue weighted by Gasteiger charge is -2.02. The van der Waals surface area contributed by atoms with Gasteiger partial charge in [0.25, 0.3) is 0 Å². The van der Waals surface area contributed by atoms with Crippen molar-refractivity contribution >= 4 is 22.4 Å². The van der Waals surface area contributed by atoms with Gasteiger partial charge in [-0.1, -0.05) is 30.3 Å². The van der Waals surface area contributed by atoms with Crippen LogP contribution in [-0.4, -0.2) is 17.4 Å². The van der Waals surface area contributed by atoms with Gasteiger partial charge < -0.3 is 11.1 Å². The number of rotatable bonds is 6. The van der Waals surface area contributed by atoms with E-state index < -0.39 is 0 Å². The molecule has 100 valence electrons. The molecule has 1 amide bonds. The van der Waals surface area contributed by atoms with Crippen molar-refractivity contribution in [1.82, 2.24) is 4.98 Å². The zero-order valence-electron chi connectivity index (χ0n) is 10.6. The lowest BCUT2D eigenvalue weighted by Crippen LogP contribution is -2.12. The number of nitrogens with one attached hydrogen (secondary N) is 1. The summed E-state index contributed by atoms with van der Waals surface area (Å²) in [5.41, 5.74) is 7.56. The third kappa shape index (κ3) is 4.46. The maximum absolute atomic E-state index is 11.8. The van der Waals surface area contributed by atoms with E-state index in [4.69, 9.17) is 5.73 Å². The second kappa shape index (κ2) is 7.01. The van der Waals surface area contributed by atoms with Crippen LogP contribution in [0.2, 0.25) is 0 Å². The molecule has 19 heavy (non-hydrogen) atoms. The number of benzene rings is 1. The summed E-state index contributed by atoms with van der Waals surface area (Å²) in [7, 11) is 0. The lowest BCUT2D eigenvalue weighted by atomic mass is 10.1. The van der Waals surface area contributed by atoms with E-state index in [1.165, 1.54) is 16.9 Å². The van der Waals surface area contributed by atoms with Crippen LogP contribution in [0.15, 0.2) is 35.7 Å². The van der Waals surface area contributed by atoms with E-state index in [0.29, 0.717) is 18.1 Å². The predicted octanol–water partition coefficient (Wildman–Crippen LogP) is 2.22. The lowest BCUT2D eigenvalue weighted by molar-refractivity contribution is -0.116. The number of nitrogens with zero attached hydrogens (tertiary/aromatic N) is 1. The standard InChI is InChI=1S/C14H17N3OS/c15-9-8-12-10-19-14(16-12)17-13(18)7-6-11-4-2-1-3-5-11/h1-5,10H,6-9,15H2,(H,16,17,18). The molecular weight excluding hydrogens is 258 g/mol. The Hall–Kier alpha value is -1.72. The van der Waals surface area contributed by atoms with Crippen LogP contribution in [0, 0.1) is 0 Å². The van der Waals surface area contributed by atoms with Gasteiger partial charge in [0.1, 0.15) is 0 Å². The van der Waals surface area contributed by atoms with Crippen LogP contribution < -0.4 is 11.1 Å². The minimum absolute atomic E-state index is 0.00231. The Morgan fingerprint density at radius 1 is 1.26 bits per heavy atom. The number of anilines is 1. The van der Waals surface area contributed by atoms with E-state index in [1.807, 2.05) is 35.7 Å². The molecule has 0 unspecified atom stereocenters. The third-order valence-corrected chi connectivity index (χ3v) is 3.49. The van der Waals surface area contributed by atoms with Gasteiger partial charge in [-0.3, -0.25) is 4.79 Å². The van der Waals surface area contributed by atoms with Crippen molar-refractivity contribution in [3.63, 3.8) is 0 Å². The number of hydrogen-bond donors (Lipinski definition) is 2. The van der Waals surface area contributed by atoms with Gasteiger partial charge in [-0.2, -0.15) is 0 Å². The molecule has 0 aliphatic rings. The molecule has 4 nitrogen and oxygen atoms in total. The Morgan fingerprint density at radius 3 is 2.79 bits per heavy atom. The van der Waals surface area contributed by atoms with Crippen LogP contribution in [0.1, 0.15) is 17.7 Å². The SMILES string of the molecule is NCCc1csc(NC(=O)CCc2ccccc2)n1. The van der Waals surface area contributed by atoms with Crippen molar-refractivity contribution in [2.45, 2.75) is 19.3 Å². The van der Waals surface area contributed by atoms with Gasteiger partial charge in [0.2, 0.25) is 5.91 Å². The summed E-state index contributed by atoms with van der Waals surface area (Å²) in [5.74, 6) is -0.00231. The summed E-state index contributed by atoms with van der Waals surface area (Å²) in [6, 6.07) is 9.98. The van der Waals surface area contributed by atoms with E-state index in [1.54, 1.807) is 0 Å². The largest absolute Gasteiger partial charge is 0.330 e. The number of carbonyl (C=O) groups is 1. The average molecular weight is 275 g/mol. The molecule has 0 aliphatic heterocycles. The summed E-state index contributed by atoms with van der Waals surface area (Å²) in [6.07, 6.45) is 1.96. The van der Waals surface area contributed by atoms with Crippen molar-refractivity contribution in [3.8, 4) is 0 Å². The molecule has 3 N–H and O–H groups in total. The van der Waals surface area contributed by atoms with E-state index in [9.17, 15) is 4.79 Å². The number of nitrogens with two attached hydrogens (primary N) is 1. The molecule has 2 aromatic rings. The number of amides is 1. The monoisotopic (exact) mass is 275 g/mol. The average Bonchev–Trinajstić information content (AvgIpc) is 2.85. The Labute approximate surface area is 116 Å². The van der Waals surface area contributed by atoms with Gasteiger partial charge in [-0.05, 0) is 18.5 Å². The van der Waals surface area contributed by atoms with Crippen molar-refractivity contribution in [1.29, 1.82) is 0 Å². The Kier molecular flexibility index (Phi) is 5.06. The fraction of sp³-hybridized carbons (Fsp3) is 0.286. The van der Waals surface area contributed by atoms with E-state index in [2.05, 4.69) is 10.3 Å². The minimum atomic E-state index is -0.00231. The molecule has 1 aromatic heterocycles. The fourth-order valence-electron chi connectivity index (χ4n) is 1.71. The molecule has 0 saturated heterocycles. The third-order valence-electron chi connectivity index (χ3n) is 2.68. The first kappa shape index (κ1) is 13.7. The number of aromatic nitrogens is 1. The van der Waals surface area contributed by atoms with Crippen molar-refractivity contribution in [2.24, 2.45) is 5.73 Å². The van der Waals surface area contributed by atoms with Crippen LogP contribution in [0.5, 0.6) is 0 Å². The fourth-order valence-corrected chi connectivity index (χ4v) is 2.47. The van der Waals surface area contributed by atoms with Crippen LogP contribution in [-0.2, 0) is 17.6 Å². The van der Waals surface area contributed by atoms with Crippen LogP contribution in [0.3, 0.4) is 0 Å². The molecule has 5 heteroatoms. The summed E-state index contributed by atoms with van der Waals surface area (Å²) in [6.45, 7) is 0.575. The van der Waals surface area contributed by atoms with Crippen molar-refractivity contribution in [3.05, 3.63) is 47.0 Å². The van der Waals surface area contributed by atoms with E-state index in [-0.39, 0.29) is 5.91 Å². The van der Waals surface area contributed by atoms with Crippen LogP contribution in [0.4, 0.5) is 5.13 Å². The normalized spacial score (nSPS) is 10.4. The second-order valence-corrected chi connectivity index (χ2v) is 5.07. The number of hydrogen-bond acceptors (Lipinski definition) is 4. The van der Waals surface area contributed by atoms with Crippen LogP contribution >= 0.6 is 11.3 Å². The topological polar surface area (TPSA) is 68.0 Å². The molecular formula is C14H17N3OS. The molecule has 0 aliphatic carbocycles. The summed E-state index contributed by atoms with van der Waals surface area (Å²) in [4.78, 5) is 16.1. The highest BCUT2D eigenvalue weighted by Gasteiger charge is 2.06. The highest BCUT2D eigenvalue weighted by atomic mass is 32.1. The molecule has 2 rings (SSSR count). The quantitative estimate of drug-likeness (QED) is 0.849. The highest BCUT2D eigenvalue weighted by Crippen LogP contribution is 2.16. The number of carbonyl (C=O) groups excluding carboxylic acids is 1. The first-order chi connectivity index (χ1) is 9.28. The van der Waals surface area contributed by atoms with Crippen molar-refractivity contribution < 1.29 is 4.79 Å². The van der Waals surface area contributed by atoms with Crippen LogP contribution in [0.25, 0.3) is 0 Å². The maximum atomic E-state index is 11.8. The van der Waals surface area contributed by atoms with Gasteiger partial charge in [-0.15, -0.1) is 11.3 Å². The minimum Gasteiger partial charge on any atom is -0.330 e. The molecule has 1 heterocycles. The highest BCUT2D eigenvalue weighted by molar-refractivity contribution is 7.13. The summed E-state index contributed by atoms with van der Waals surface area (Å²) < 4.78 is 0.